The molecule has 2 N–H and O–H groups in total. The van der Waals surface area contributed by atoms with Gasteiger partial charge in [-0.3, -0.25) is 14.4 Å². The van der Waals surface area contributed by atoms with E-state index in [1.54, 1.807) is 28.9 Å². The molecule has 1 aromatic rings. The number of phenols is 1. The molecule has 128 valence electrons. The third-order valence-electron chi connectivity index (χ3n) is 3.72. The Morgan fingerprint density at radius 1 is 1.25 bits per heavy atom. The zero-order valence-corrected chi connectivity index (χ0v) is 13.4. The van der Waals surface area contributed by atoms with Crippen LogP contribution in [-0.2, 0) is 9.59 Å². The maximum absolute atomic E-state index is 12.2. The van der Waals surface area contributed by atoms with Crippen LogP contribution in [-0.4, -0.2) is 65.0 Å². The molecule has 0 atom stereocenters. The predicted octanol–water partition coefficient (Wildman–Crippen LogP) is 0.189. The van der Waals surface area contributed by atoms with Crippen LogP contribution in [0.5, 0.6) is 5.75 Å². The lowest BCUT2D eigenvalue weighted by Gasteiger charge is -2.32. The molecule has 0 bridgehead atoms. The van der Waals surface area contributed by atoms with Gasteiger partial charge < -0.3 is 14.9 Å². The molecule has 1 saturated heterocycles. The number of carbonyl (C=O) groups is 3. The van der Waals surface area contributed by atoms with E-state index >= 15 is 0 Å². The van der Waals surface area contributed by atoms with Crippen LogP contribution in [0.1, 0.15) is 23.7 Å². The first-order valence-electron chi connectivity index (χ1n) is 7.60. The number of benzene rings is 1. The van der Waals surface area contributed by atoms with Crippen LogP contribution in [0.4, 0.5) is 0 Å². The van der Waals surface area contributed by atoms with E-state index in [4.69, 9.17) is 0 Å². The van der Waals surface area contributed by atoms with Gasteiger partial charge in [-0.15, -0.1) is 0 Å². The van der Waals surface area contributed by atoms with Gasteiger partial charge in [0.25, 0.3) is 5.91 Å². The van der Waals surface area contributed by atoms with Gasteiger partial charge in [0, 0.05) is 31.9 Å². The van der Waals surface area contributed by atoms with Gasteiger partial charge in [0.2, 0.25) is 12.3 Å². The van der Waals surface area contributed by atoms with E-state index < -0.39 is 5.91 Å². The first-order valence-corrected chi connectivity index (χ1v) is 7.60. The van der Waals surface area contributed by atoms with E-state index in [9.17, 15) is 19.5 Å². The molecule has 0 unspecified atom stereocenters. The maximum atomic E-state index is 12.2. The molecular weight excluding hydrogens is 312 g/mol. The molecule has 2 rings (SSSR count). The van der Waals surface area contributed by atoms with Crippen molar-refractivity contribution in [3.05, 3.63) is 29.8 Å². The zero-order valence-electron chi connectivity index (χ0n) is 13.4. The Hall–Kier alpha value is -2.90. The summed E-state index contributed by atoms with van der Waals surface area (Å²) >= 11 is 0. The zero-order chi connectivity index (χ0) is 17.5. The molecule has 0 aromatic heterocycles. The van der Waals surface area contributed by atoms with Gasteiger partial charge in [0.15, 0.2) is 0 Å². The number of phenolic OH excluding ortho intramolecular Hbond substituents is 1. The minimum Gasteiger partial charge on any atom is -0.507 e. The summed E-state index contributed by atoms with van der Waals surface area (Å²) in [6.07, 6.45) is 0.866. The summed E-state index contributed by atoms with van der Waals surface area (Å²) in [5.41, 5.74) is 2.90. The van der Waals surface area contributed by atoms with E-state index in [2.05, 4.69) is 10.5 Å². The molecule has 3 amide bonds. The fourth-order valence-corrected chi connectivity index (χ4v) is 2.32. The topological polar surface area (TPSA) is 102 Å². The molecule has 0 saturated carbocycles. The van der Waals surface area contributed by atoms with Crippen molar-refractivity contribution in [3.63, 3.8) is 0 Å². The lowest BCUT2D eigenvalue weighted by Crippen LogP contribution is -2.48. The molecule has 0 radical (unpaired) electrons. The standard InChI is InChI=1S/C16H20N4O4/c1-12(10-15(23)20-8-6-19(11-21)7-9-20)17-18-16(24)13-4-2-3-5-14(13)22/h2-5,11,22H,6-10H2,1H3,(H,18,24)/b17-12-. The highest BCUT2D eigenvalue weighted by Crippen LogP contribution is 2.14. The summed E-state index contributed by atoms with van der Waals surface area (Å²) in [5, 5.41) is 13.5. The number of aromatic hydroxyl groups is 1. The quantitative estimate of drug-likeness (QED) is 0.456. The third-order valence-corrected chi connectivity index (χ3v) is 3.72. The smallest absolute Gasteiger partial charge is 0.275 e. The second kappa shape index (κ2) is 8.09. The van der Waals surface area contributed by atoms with Crippen LogP contribution in [0, 0.1) is 0 Å². The SMILES string of the molecule is C/C(CC(=O)N1CCN(C=O)CC1)=N/NC(=O)c1ccccc1O. The second-order valence-electron chi connectivity index (χ2n) is 5.50. The molecular formula is C16H20N4O4. The van der Waals surface area contributed by atoms with E-state index in [1.807, 2.05) is 0 Å². The van der Waals surface area contributed by atoms with Crippen LogP contribution >= 0.6 is 0 Å². The van der Waals surface area contributed by atoms with Crippen molar-refractivity contribution in [2.24, 2.45) is 5.10 Å². The molecule has 0 aliphatic carbocycles. The number of nitrogens with zero attached hydrogens (tertiary/aromatic N) is 3. The number of amides is 3. The summed E-state index contributed by atoms with van der Waals surface area (Å²) in [6, 6.07) is 6.14. The number of carbonyl (C=O) groups excluding carboxylic acids is 3. The largest absolute Gasteiger partial charge is 0.507 e. The van der Waals surface area contributed by atoms with Crippen molar-refractivity contribution in [1.82, 2.24) is 15.2 Å². The van der Waals surface area contributed by atoms with Gasteiger partial charge in [-0.1, -0.05) is 12.1 Å². The summed E-state index contributed by atoms with van der Waals surface area (Å²) < 4.78 is 0. The number of hydrazone groups is 1. The summed E-state index contributed by atoms with van der Waals surface area (Å²) in [7, 11) is 0. The van der Waals surface area contributed by atoms with Crippen molar-refractivity contribution < 1.29 is 19.5 Å². The Morgan fingerprint density at radius 2 is 1.92 bits per heavy atom. The van der Waals surface area contributed by atoms with Crippen LogP contribution in [0.25, 0.3) is 0 Å². The number of rotatable bonds is 5. The summed E-state index contributed by atoms with van der Waals surface area (Å²) in [6.45, 7) is 3.68. The van der Waals surface area contributed by atoms with E-state index in [1.165, 1.54) is 12.1 Å². The molecule has 1 aromatic carbocycles. The van der Waals surface area contributed by atoms with Gasteiger partial charge >= 0.3 is 0 Å². The van der Waals surface area contributed by atoms with E-state index in [-0.39, 0.29) is 23.6 Å². The molecule has 0 spiro atoms. The number of hydrogen-bond acceptors (Lipinski definition) is 5. The van der Waals surface area contributed by atoms with E-state index in [0.29, 0.717) is 31.9 Å². The highest BCUT2D eigenvalue weighted by Gasteiger charge is 2.20. The maximum Gasteiger partial charge on any atom is 0.275 e. The van der Waals surface area contributed by atoms with Crippen molar-refractivity contribution >= 4 is 23.9 Å². The van der Waals surface area contributed by atoms with Gasteiger partial charge in [0.05, 0.1) is 12.0 Å². The second-order valence-corrected chi connectivity index (χ2v) is 5.50. The lowest BCUT2D eigenvalue weighted by molar-refractivity contribution is -0.134. The van der Waals surface area contributed by atoms with Crippen LogP contribution < -0.4 is 5.43 Å². The molecule has 1 aliphatic rings. The van der Waals surface area contributed by atoms with Crippen molar-refractivity contribution in [1.29, 1.82) is 0 Å². The molecule has 8 heteroatoms. The van der Waals surface area contributed by atoms with Crippen molar-refractivity contribution in [2.75, 3.05) is 26.2 Å². The summed E-state index contributed by atoms with van der Waals surface area (Å²) in [4.78, 5) is 38.0. The van der Waals surface area contributed by atoms with Crippen LogP contribution in [0.2, 0.25) is 0 Å². The number of hydrogen-bond donors (Lipinski definition) is 2. The van der Waals surface area contributed by atoms with Crippen LogP contribution in [0.3, 0.4) is 0 Å². The molecule has 1 aliphatic heterocycles. The Kier molecular flexibility index (Phi) is 5.89. The highest BCUT2D eigenvalue weighted by molar-refractivity contribution is 6.01. The minimum absolute atomic E-state index is 0.0855. The first kappa shape index (κ1) is 17.5. The summed E-state index contributed by atoms with van der Waals surface area (Å²) in [5.74, 6) is -0.773. The Balaban J connectivity index is 1.85. The average molecular weight is 332 g/mol. The third kappa shape index (κ3) is 4.55. The predicted molar refractivity (Wildman–Crippen MR) is 87.5 cm³/mol. The van der Waals surface area contributed by atoms with Gasteiger partial charge in [0.1, 0.15) is 5.75 Å². The van der Waals surface area contributed by atoms with E-state index in [0.717, 1.165) is 6.41 Å². The van der Waals surface area contributed by atoms with Gasteiger partial charge in [-0.25, -0.2) is 5.43 Å². The number of nitrogens with one attached hydrogen (secondary N) is 1. The lowest BCUT2D eigenvalue weighted by atomic mass is 10.2. The number of para-hydroxylation sites is 1. The fraction of sp³-hybridized carbons (Fsp3) is 0.375. The molecule has 1 fully saturated rings. The van der Waals surface area contributed by atoms with Crippen LogP contribution in [0.15, 0.2) is 29.4 Å². The normalized spacial score (nSPS) is 15.1. The Morgan fingerprint density at radius 3 is 2.54 bits per heavy atom. The van der Waals surface area contributed by atoms with Gasteiger partial charge in [-0.05, 0) is 19.1 Å². The van der Waals surface area contributed by atoms with Crippen molar-refractivity contribution in [3.8, 4) is 5.75 Å². The Bertz CT molecular complexity index is 651. The Labute approximate surface area is 139 Å². The minimum atomic E-state index is -0.542. The highest BCUT2D eigenvalue weighted by atomic mass is 16.3. The first-order chi connectivity index (χ1) is 11.5. The van der Waals surface area contributed by atoms with Gasteiger partial charge in [-0.2, -0.15) is 5.10 Å². The molecule has 24 heavy (non-hydrogen) atoms. The average Bonchev–Trinajstić information content (AvgIpc) is 2.60. The number of piperazine rings is 1. The molecule has 1 heterocycles. The monoisotopic (exact) mass is 332 g/mol. The molecule has 8 nitrogen and oxygen atoms in total. The fourth-order valence-electron chi connectivity index (χ4n) is 2.32. The van der Waals surface area contributed by atoms with Crippen molar-refractivity contribution in [2.45, 2.75) is 13.3 Å².